The van der Waals surface area contributed by atoms with Gasteiger partial charge in [-0.15, -0.1) is 12.4 Å². The van der Waals surface area contributed by atoms with Crippen molar-refractivity contribution >= 4 is 24.0 Å². The second-order valence-corrected chi connectivity index (χ2v) is 5.24. The standard InChI is InChI=1S/C13H16F3N3O2.ClH/c14-13(15,16)8-5-10(12(21)18-6-8)19-11(20)7-2-1-3-9(17)4-7;/h5-7,9H,1-4,17H2,(H,18,21)(H,19,20);1H. The van der Waals surface area contributed by atoms with Crippen molar-refractivity contribution in [3.63, 3.8) is 0 Å². The van der Waals surface area contributed by atoms with Crippen LogP contribution in [0.15, 0.2) is 17.1 Å². The first kappa shape index (κ1) is 18.5. The number of carbonyl (C=O) groups is 1. The SMILES string of the molecule is Cl.NC1CCCC(C(=O)Nc2cc(C(F)(F)F)c[nH]c2=O)C1. The highest BCUT2D eigenvalue weighted by atomic mass is 35.5. The molecule has 124 valence electrons. The van der Waals surface area contributed by atoms with Crippen LogP contribution in [-0.4, -0.2) is 16.9 Å². The smallest absolute Gasteiger partial charge is 0.328 e. The van der Waals surface area contributed by atoms with Gasteiger partial charge in [0.2, 0.25) is 5.91 Å². The molecule has 5 nitrogen and oxygen atoms in total. The number of anilines is 1. The molecule has 0 bridgehead atoms. The molecule has 0 spiro atoms. The summed E-state index contributed by atoms with van der Waals surface area (Å²) < 4.78 is 37.8. The molecular weight excluding hydrogens is 323 g/mol. The number of nitrogens with two attached hydrogens (primary N) is 1. The van der Waals surface area contributed by atoms with Gasteiger partial charge in [-0.1, -0.05) is 6.42 Å². The summed E-state index contributed by atoms with van der Waals surface area (Å²) in [6, 6.07) is 0.550. The fourth-order valence-electron chi connectivity index (χ4n) is 2.44. The fourth-order valence-corrected chi connectivity index (χ4v) is 2.44. The number of nitrogens with one attached hydrogen (secondary N) is 2. The lowest BCUT2D eigenvalue weighted by molar-refractivity contribution is -0.137. The molecule has 1 aliphatic rings. The topological polar surface area (TPSA) is 88.0 Å². The number of pyridine rings is 1. The molecule has 0 aromatic carbocycles. The van der Waals surface area contributed by atoms with Crippen LogP contribution >= 0.6 is 12.4 Å². The first-order chi connectivity index (χ1) is 9.77. The predicted octanol–water partition coefficient (Wildman–Crippen LogP) is 2.27. The number of hydrogen-bond donors (Lipinski definition) is 3. The van der Waals surface area contributed by atoms with Crippen LogP contribution in [0, 0.1) is 5.92 Å². The summed E-state index contributed by atoms with van der Waals surface area (Å²) in [5.74, 6) is -0.835. The molecule has 1 aromatic heterocycles. The van der Waals surface area contributed by atoms with Gasteiger partial charge < -0.3 is 16.0 Å². The third-order valence-electron chi connectivity index (χ3n) is 3.57. The number of carbonyl (C=O) groups excluding carboxylic acids is 1. The molecule has 2 atom stereocenters. The van der Waals surface area contributed by atoms with Crippen LogP contribution in [0.3, 0.4) is 0 Å². The lowest BCUT2D eigenvalue weighted by Crippen LogP contribution is -2.35. The van der Waals surface area contributed by atoms with E-state index in [-0.39, 0.29) is 24.4 Å². The summed E-state index contributed by atoms with van der Waals surface area (Å²) in [4.78, 5) is 25.5. The molecule has 4 N–H and O–H groups in total. The Labute approximate surface area is 130 Å². The number of halogens is 4. The van der Waals surface area contributed by atoms with Crippen molar-refractivity contribution in [2.75, 3.05) is 5.32 Å². The molecule has 2 unspecified atom stereocenters. The highest BCUT2D eigenvalue weighted by molar-refractivity contribution is 5.92. The van der Waals surface area contributed by atoms with Crippen molar-refractivity contribution < 1.29 is 18.0 Å². The van der Waals surface area contributed by atoms with Gasteiger partial charge in [-0.05, 0) is 25.3 Å². The molecule has 1 heterocycles. The average Bonchev–Trinajstić information content (AvgIpc) is 2.40. The maximum absolute atomic E-state index is 12.6. The minimum Gasteiger partial charge on any atom is -0.328 e. The monoisotopic (exact) mass is 339 g/mol. The number of aromatic amines is 1. The Kier molecular flexibility index (Phi) is 6.01. The van der Waals surface area contributed by atoms with Crippen LogP contribution in [0.25, 0.3) is 0 Å². The summed E-state index contributed by atoms with van der Waals surface area (Å²) in [6.07, 6.45) is -1.30. The molecule has 0 aliphatic heterocycles. The quantitative estimate of drug-likeness (QED) is 0.772. The Balaban J connectivity index is 0.00000242. The van der Waals surface area contributed by atoms with Gasteiger partial charge in [0.1, 0.15) is 5.69 Å². The molecule has 1 amide bonds. The van der Waals surface area contributed by atoms with Crippen LogP contribution < -0.4 is 16.6 Å². The van der Waals surface area contributed by atoms with Crippen molar-refractivity contribution in [3.8, 4) is 0 Å². The van der Waals surface area contributed by atoms with Gasteiger partial charge in [-0.3, -0.25) is 9.59 Å². The molecule has 0 saturated heterocycles. The van der Waals surface area contributed by atoms with E-state index in [1.165, 1.54) is 0 Å². The summed E-state index contributed by atoms with van der Waals surface area (Å²) in [5, 5.41) is 2.27. The Morgan fingerprint density at radius 2 is 2.05 bits per heavy atom. The molecule has 22 heavy (non-hydrogen) atoms. The van der Waals surface area contributed by atoms with E-state index in [2.05, 4.69) is 5.32 Å². The number of aromatic nitrogens is 1. The van der Waals surface area contributed by atoms with Gasteiger partial charge in [0, 0.05) is 18.2 Å². The second kappa shape index (κ2) is 7.15. The van der Waals surface area contributed by atoms with Crippen molar-refractivity contribution in [1.29, 1.82) is 0 Å². The van der Waals surface area contributed by atoms with Gasteiger partial charge in [0.05, 0.1) is 5.56 Å². The van der Waals surface area contributed by atoms with Crippen LogP contribution in [0.2, 0.25) is 0 Å². The minimum atomic E-state index is -4.59. The lowest BCUT2D eigenvalue weighted by atomic mass is 9.85. The van der Waals surface area contributed by atoms with E-state index in [0.717, 1.165) is 12.8 Å². The number of H-pyrrole nitrogens is 1. The van der Waals surface area contributed by atoms with E-state index in [4.69, 9.17) is 5.73 Å². The molecule has 9 heteroatoms. The molecule has 1 aliphatic carbocycles. The molecule has 0 radical (unpaired) electrons. The molecule has 1 fully saturated rings. The molecule has 1 saturated carbocycles. The zero-order valence-corrected chi connectivity index (χ0v) is 12.4. The summed E-state index contributed by atoms with van der Waals surface area (Å²) in [7, 11) is 0. The van der Waals surface area contributed by atoms with Crippen LogP contribution in [0.1, 0.15) is 31.2 Å². The Bertz CT molecular complexity index is 589. The van der Waals surface area contributed by atoms with Crippen molar-refractivity contribution in [3.05, 3.63) is 28.2 Å². The van der Waals surface area contributed by atoms with Crippen LogP contribution in [0.4, 0.5) is 18.9 Å². The van der Waals surface area contributed by atoms with Gasteiger partial charge in [-0.2, -0.15) is 13.2 Å². The number of amides is 1. The normalized spacial score (nSPS) is 21.8. The van der Waals surface area contributed by atoms with Gasteiger partial charge in [0.25, 0.3) is 5.56 Å². The number of alkyl halides is 3. The predicted molar refractivity (Wildman–Crippen MR) is 77.9 cm³/mol. The van der Waals surface area contributed by atoms with Crippen LogP contribution in [0.5, 0.6) is 0 Å². The number of rotatable bonds is 2. The summed E-state index contributed by atoms with van der Waals surface area (Å²) in [5.41, 5.74) is 3.59. The maximum atomic E-state index is 12.6. The van der Waals surface area contributed by atoms with Gasteiger partial charge in [-0.25, -0.2) is 0 Å². The molecule has 2 rings (SSSR count). The van der Waals surface area contributed by atoms with Crippen molar-refractivity contribution in [2.24, 2.45) is 11.7 Å². The highest BCUT2D eigenvalue weighted by Gasteiger charge is 2.32. The van der Waals surface area contributed by atoms with E-state index < -0.39 is 28.9 Å². The van der Waals surface area contributed by atoms with E-state index >= 15 is 0 Å². The van der Waals surface area contributed by atoms with Gasteiger partial charge >= 0.3 is 6.18 Å². The fraction of sp³-hybridized carbons (Fsp3) is 0.538. The summed E-state index contributed by atoms with van der Waals surface area (Å²) in [6.45, 7) is 0. The maximum Gasteiger partial charge on any atom is 0.417 e. The molecular formula is C13H17ClF3N3O2. The van der Waals surface area contributed by atoms with E-state index in [0.29, 0.717) is 25.1 Å². The van der Waals surface area contributed by atoms with Crippen LogP contribution in [-0.2, 0) is 11.0 Å². The summed E-state index contributed by atoms with van der Waals surface area (Å²) >= 11 is 0. The van der Waals surface area contributed by atoms with E-state index in [9.17, 15) is 22.8 Å². The highest BCUT2D eigenvalue weighted by Crippen LogP contribution is 2.29. The first-order valence-electron chi connectivity index (χ1n) is 6.63. The second-order valence-electron chi connectivity index (χ2n) is 5.24. The zero-order chi connectivity index (χ0) is 15.6. The Hall–Kier alpha value is -1.54. The van der Waals surface area contributed by atoms with E-state index in [1.54, 1.807) is 0 Å². The minimum absolute atomic E-state index is 0. The number of hydrogen-bond acceptors (Lipinski definition) is 3. The van der Waals surface area contributed by atoms with Crippen molar-refractivity contribution in [1.82, 2.24) is 4.98 Å². The largest absolute Gasteiger partial charge is 0.417 e. The average molecular weight is 340 g/mol. The van der Waals surface area contributed by atoms with Gasteiger partial charge in [0.15, 0.2) is 0 Å². The zero-order valence-electron chi connectivity index (χ0n) is 11.6. The first-order valence-corrected chi connectivity index (χ1v) is 6.63. The Morgan fingerprint density at radius 1 is 1.36 bits per heavy atom. The third-order valence-corrected chi connectivity index (χ3v) is 3.57. The molecule has 1 aromatic rings. The Morgan fingerprint density at radius 3 is 2.64 bits per heavy atom. The lowest BCUT2D eigenvalue weighted by Gasteiger charge is -2.25. The third kappa shape index (κ3) is 4.48. The van der Waals surface area contributed by atoms with E-state index in [1.807, 2.05) is 4.98 Å². The van der Waals surface area contributed by atoms with Crippen molar-refractivity contribution in [2.45, 2.75) is 37.9 Å².